The lowest BCUT2D eigenvalue weighted by Gasteiger charge is -2.18. The highest BCUT2D eigenvalue weighted by atomic mass is 35.5. The molecule has 1 amide bonds. The number of oxime groups is 1. The van der Waals surface area contributed by atoms with Crippen molar-refractivity contribution in [3.63, 3.8) is 0 Å². The number of nitrogens with zero attached hydrogens (tertiary/aromatic N) is 2. The molecule has 0 aliphatic carbocycles. The summed E-state index contributed by atoms with van der Waals surface area (Å²) in [5.74, 6) is -0.537. The molecule has 0 unspecified atom stereocenters. The van der Waals surface area contributed by atoms with E-state index in [1.165, 1.54) is 12.1 Å². The molecule has 0 spiro atoms. The first-order chi connectivity index (χ1) is 12.0. The smallest absolute Gasteiger partial charge is 0.269 e. The van der Waals surface area contributed by atoms with Crippen LogP contribution in [0.1, 0.15) is 22.3 Å². The molecule has 0 saturated heterocycles. The second-order valence-electron chi connectivity index (χ2n) is 5.79. The molecule has 2 aliphatic heterocycles. The van der Waals surface area contributed by atoms with Crippen LogP contribution in [0.5, 0.6) is 0 Å². The van der Waals surface area contributed by atoms with Gasteiger partial charge in [0.05, 0.1) is 17.8 Å². The maximum atomic E-state index is 12.6. The third-order valence-electron chi connectivity index (χ3n) is 4.20. The highest BCUT2D eigenvalue weighted by molar-refractivity contribution is 7.90. The Morgan fingerprint density at radius 1 is 1.12 bits per heavy atom. The molecule has 0 N–H and O–H groups in total. The maximum absolute atomic E-state index is 12.6. The van der Waals surface area contributed by atoms with Crippen LogP contribution in [0.2, 0.25) is 5.02 Å². The number of benzene rings is 2. The normalized spacial score (nSPS) is 21.0. The Morgan fingerprint density at radius 2 is 1.80 bits per heavy atom. The highest BCUT2D eigenvalue weighted by Gasteiger charge is 2.43. The number of fused-ring (bicyclic) bond motifs is 1. The number of rotatable bonds is 3. The van der Waals surface area contributed by atoms with Crippen LogP contribution < -0.4 is 0 Å². The first-order valence-corrected chi connectivity index (χ1v) is 9.44. The maximum Gasteiger partial charge on any atom is 0.269 e. The van der Waals surface area contributed by atoms with Crippen molar-refractivity contribution in [1.29, 1.82) is 0 Å². The van der Waals surface area contributed by atoms with Crippen LogP contribution in [0.4, 0.5) is 0 Å². The number of sulfonamides is 1. The van der Waals surface area contributed by atoms with Gasteiger partial charge in [-0.3, -0.25) is 4.79 Å². The number of hydrogen-bond acceptors (Lipinski definition) is 5. The summed E-state index contributed by atoms with van der Waals surface area (Å²) in [5, 5.41) is 4.56. The van der Waals surface area contributed by atoms with Crippen LogP contribution in [0, 0.1) is 0 Å². The fourth-order valence-electron chi connectivity index (χ4n) is 2.98. The van der Waals surface area contributed by atoms with Crippen molar-refractivity contribution in [2.24, 2.45) is 5.16 Å². The Bertz CT molecular complexity index is 1000. The lowest BCUT2D eigenvalue weighted by atomic mass is 10.0. The van der Waals surface area contributed by atoms with Crippen LogP contribution in [0.25, 0.3) is 0 Å². The van der Waals surface area contributed by atoms with Crippen LogP contribution in [-0.4, -0.2) is 37.0 Å². The molecule has 4 rings (SSSR count). The van der Waals surface area contributed by atoms with E-state index in [1.807, 2.05) is 18.2 Å². The highest BCUT2D eigenvalue weighted by Crippen LogP contribution is 2.31. The van der Waals surface area contributed by atoms with Gasteiger partial charge in [-0.1, -0.05) is 47.1 Å². The number of carbonyl (C=O) groups is 1. The molecule has 2 aromatic carbocycles. The molecule has 0 bridgehead atoms. The van der Waals surface area contributed by atoms with Crippen molar-refractivity contribution < 1.29 is 18.0 Å². The van der Waals surface area contributed by atoms with E-state index >= 15 is 0 Å². The predicted molar refractivity (Wildman–Crippen MR) is 92.1 cm³/mol. The molecular formula is C17H13ClN2O4S. The molecule has 2 aromatic rings. The molecule has 2 aliphatic rings. The zero-order valence-corrected chi connectivity index (χ0v) is 14.5. The summed E-state index contributed by atoms with van der Waals surface area (Å²) < 4.78 is 26.0. The molecule has 0 radical (unpaired) electrons. The second-order valence-corrected chi connectivity index (χ2v) is 8.02. The summed E-state index contributed by atoms with van der Waals surface area (Å²) in [4.78, 5) is 17.8. The van der Waals surface area contributed by atoms with E-state index in [0.717, 1.165) is 9.87 Å². The van der Waals surface area contributed by atoms with Crippen LogP contribution in [0.3, 0.4) is 0 Å². The van der Waals surface area contributed by atoms with E-state index < -0.39 is 22.0 Å². The van der Waals surface area contributed by atoms with Crippen molar-refractivity contribution in [1.82, 2.24) is 4.31 Å². The third-order valence-corrected chi connectivity index (χ3v) is 6.34. The Balaban J connectivity index is 1.54. The topological polar surface area (TPSA) is 76.0 Å². The Morgan fingerprint density at radius 3 is 2.52 bits per heavy atom. The summed E-state index contributed by atoms with van der Waals surface area (Å²) in [6.07, 6.45) is -0.168. The van der Waals surface area contributed by atoms with Gasteiger partial charge in [-0.15, -0.1) is 0 Å². The van der Waals surface area contributed by atoms with Gasteiger partial charge in [0, 0.05) is 17.0 Å². The van der Waals surface area contributed by atoms with Crippen LogP contribution in [0.15, 0.2) is 58.6 Å². The van der Waals surface area contributed by atoms with Gasteiger partial charge in [0.25, 0.3) is 15.9 Å². The molecule has 2 heterocycles. The van der Waals surface area contributed by atoms with Gasteiger partial charge in [-0.05, 0) is 18.2 Å². The number of carbonyl (C=O) groups excluding carboxylic acids is 1. The lowest BCUT2D eigenvalue weighted by molar-refractivity contribution is 0.0599. The zero-order chi connectivity index (χ0) is 17.6. The van der Waals surface area contributed by atoms with E-state index in [1.54, 1.807) is 18.2 Å². The standard InChI is InChI=1S/C17H13ClN2O4S/c18-14-7-3-1-5-12(14)15-9-11(24-19-15)10-20-17(21)13-6-2-4-8-16(13)25(20,22)23/h1-8,11H,9-10H2/t11-/m0/s1. The minimum Gasteiger partial charge on any atom is -0.390 e. The monoisotopic (exact) mass is 376 g/mol. The van der Waals surface area contributed by atoms with Crippen molar-refractivity contribution in [3.8, 4) is 0 Å². The van der Waals surface area contributed by atoms with Gasteiger partial charge < -0.3 is 4.84 Å². The summed E-state index contributed by atoms with van der Waals surface area (Å²) in [7, 11) is -3.85. The Kier molecular flexibility index (Phi) is 3.77. The molecule has 0 aromatic heterocycles. The van der Waals surface area contributed by atoms with Gasteiger partial charge in [0.1, 0.15) is 4.90 Å². The summed E-state index contributed by atoms with van der Waals surface area (Å²) in [6.45, 7) is -0.0900. The van der Waals surface area contributed by atoms with E-state index in [-0.39, 0.29) is 17.0 Å². The fraction of sp³-hybridized carbons (Fsp3) is 0.176. The molecule has 0 saturated carbocycles. The van der Waals surface area contributed by atoms with Crippen molar-refractivity contribution in [2.75, 3.05) is 6.54 Å². The fourth-order valence-corrected chi connectivity index (χ4v) is 4.82. The minimum atomic E-state index is -3.85. The lowest BCUT2D eigenvalue weighted by Crippen LogP contribution is -2.37. The molecule has 0 fully saturated rings. The minimum absolute atomic E-state index is 0.0326. The van der Waals surface area contributed by atoms with Crippen LogP contribution >= 0.6 is 11.6 Å². The second kappa shape index (κ2) is 5.86. The Hall–Kier alpha value is -2.38. The quantitative estimate of drug-likeness (QED) is 0.825. The number of amides is 1. The SMILES string of the molecule is O=C1c2ccccc2S(=O)(=O)N1C[C@@H]1CC(c2ccccc2Cl)=NO1. The van der Waals surface area contributed by atoms with Crippen LogP contribution in [-0.2, 0) is 14.9 Å². The van der Waals surface area contributed by atoms with Gasteiger partial charge in [0.15, 0.2) is 6.10 Å². The predicted octanol–water partition coefficient (Wildman–Crippen LogP) is 2.68. The van der Waals surface area contributed by atoms with E-state index in [2.05, 4.69) is 5.16 Å². The number of halogens is 1. The largest absolute Gasteiger partial charge is 0.390 e. The van der Waals surface area contributed by atoms with Gasteiger partial charge in [-0.2, -0.15) is 0 Å². The first kappa shape index (κ1) is 16.1. The van der Waals surface area contributed by atoms with E-state index in [4.69, 9.17) is 16.4 Å². The molecule has 6 nitrogen and oxygen atoms in total. The summed E-state index contributed by atoms with van der Waals surface area (Å²) in [6, 6.07) is 13.4. The summed E-state index contributed by atoms with van der Waals surface area (Å²) >= 11 is 6.15. The average molecular weight is 377 g/mol. The number of hydrogen-bond donors (Lipinski definition) is 0. The van der Waals surface area contributed by atoms with Crippen molar-refractivity contribution in [3.05, 3.63) is 64.7 Å². The molecule has 128 valence electrons. The zero-order valence-electron chi connectivity index (χ0n) is 12.9. The third kappa shape index (κ3) is 2.60. The Labute approximate surface area is 149 Å². The van der Waals surface area contributed by atoms with E-state index in [9.17, 15) is 13.2 Å². The van der Waals surface area contributed by atoms with E-state index in [0.29, 0.717) is 17.2 Å². The molecule has 1 atom stereocenters. The average Bonchev–Trinajstić information content (AvgIpc) is 3.14. The van der Waals surface area contributed by atoms with Gasteiger partial charge >= 0.3 is 0 Å². The molecule has 8 heteroatoms. The first-order valence-electron chi connectivity index (χ1n) is 7.62. The van der Waals surface area contributed by atoms with Crippen molar-refractivity contribution in [2.45, 2.75) is 17.4 Å². The van der Waals surface area contributed by atoms with Gasteiger partial charge in [0.2, 0.25) is 0 Å². The summed E-state index contributed by atoms with van der Waals surface area (Å²) in [5.41, 5.74) is 1.57. The molecular weight excluding hydrogens is 364 g/mol. The molecule has 25 heavy (non-hydrogen) atoms. The van der Waals surface area contributed by atoms with Crippen molar-refractivity contribution >= 4 is 33.2 Å². The van der Waals surface area contributed by atoms with Gasteiger partial charge in [-0.25, -0.2) is 12.7 Å².